The zero-order valence-corrected chi connectivity index (χ0v) is 15.6. The molecule has 1 aliphatic heterocycles. The first-order valence-corrected chi connectivity index (χ1v) is 9.69. The van der Waals surface area contributed by atoms with Crippen molar-refractivity contribution in [3.63, 3.8) is 0 Å². The first-order valence-electron chi connectivity index (χ1n) is 9.31. The maximum Gasteiger partial charge on any atom is 0.325 e. The number of carbonyl (C=O) groups excluding carboxylic acids is 3. The highest BCUT2D eigenvalue weighted by molar-refractivity contribution is 6.31. The van der Waals surface area contributed by atoms with Crippen LogP contribution in [0.25, 0.3) is 0 Å². The van der Waals surface area contributed by atoms with Crippen LogP contribution in [0.5, 0.6) is 0 Å². The quantitative estimate of drug-likeness (QED) is 0.581. The third kappa shape index (κ3) is 3.72. The largest absolute Gasteiger partial charge is 0.356 e. The summed E-state index contributed by atoms with van der Waals surface area (Å²) in [7, 11) is 0. The second-order valence-corrected chi connectivity index (χ2v) is 7.97. The fourth-order valence-corrected chi connectivity index (χ4v) is 4.49. The Balaban J connectivity index is 1.30. The van der Waals surface area contributed by atoms with Gasteiger partial charge in [0, 0.05) is 11.6 Å². The molecule has 6 nitrogen and oxygen atoms in total. The minimum atomic E-state index is -0.820. The molecule has 4 atom stereocenters. The van der Waals surface area contributed by atoms with Crippen LogP contribution in [-0.4, -0.2) is 35.3 Å². The predicted molar refractivity (Wildman–Crippen MR) is 101 cm³/mol. The normalized spacial score (nSPS) is 28.7. The maximum atomic E-state index is 12.5. The third-order valence-corrected chi connectivity index (χ3v) is 6.13. The Morgan fingerprint density at radius 1 is 1.22 bits per heavy atom. The highest BCUT2D eigenvalue weighted by Gasteiger charge is 2.40. The van der Waals surface area contributed by atoms with E-state index < -0.39 is 18.0 Å². The molecule has 1 saturated carbocycles. The Kier molecular flexibility index (Phi) is 4.91. The van der Waals surface area contributed by atoms with Gasteiger partial charge in [-0.1, -0.05) is 42.0 Å². The fraction of sp³-hybridized carbons (Fsp3) is 0.450. The van der Waals surface area contributed by atoms with E-state index >= 15 is 0 Å². The van der Waals surface area contributed by atoms with Crippen molar-refractivity contribution in [1.29, 1.82) is 0 Å². The number of rotatable bonds is 6. The lowest BCUT2D eigenvalue weighted by Crippen LogP contribution is -2.38. The highest BCUT2D eigenvalue weighted by Crippen LogP contribution is 2.42. The van der Waals surface area contributed by atoms with Crippen LogP contribution in [0.1, 0.15) is 24.8 Å². The van der Waals surface area contributed by atoms with Crippen molar-refractivity contribution in [1.82, 2.24) is 15.5 Å². The number of nitrogens with zero attached hydrogens (tertiary/aromatic N) is 1. The summed E-state index contributed by atoms with van der Waals surface area (Å²) in [5.41, 5.74) is 0.692. The van der Waals surface area contributed by atoms with Gasteiger partial charge in [0.2, 0.25) is 5.91 Å². The molecule has 27 heavy (non-hydrogen) atoms. The molecule has 7 heteroatoms. The molecule has 3 aliphatic rings. The number of urea groups is 1. The van der Waals surface area contributed by atoms with Crippen LogP contribution in [0.4, 0.5) is 4.79 Å². The fourth-order valence-electron chi connectivity index (χ4n) is 4.29. The van der Waals surface area contributed by atoms with Crippen molar-refractivity contribution in [2.24, 2.45) is 17.8 Å². The number of nitrogens with one attached hydrogen (secondary N) is 2. The molecule has 1 saturated heterocycles. The predicted octanol–water partition coefficient (Wildman–Crippen LogP) is 2.48. The number of hydrogen-bond acceptors (Lipinski definition) is 3. The van der Waals surface area contributed by atoms with Gasteiger partial charge in [0.05, 0.1) is 13.0 Å². The van der Waals surface area contributed by atoms with E-state index in [-0.39, 0.29) is 18.9 Å². The summed E-state index contributed by atoms with van der Waals surface area (Å²) in [6, 6.07) is 5.76. The molecule has 4 amide bonds. The lowest BCUT2D eigenvalue weighted by Gasteiger charge is -2.19. The molecule has 2 aliphatic carbocycles. The number of halogens is 1. The lowest BCUT2D eigenvalue weighted by molar-refractivity contribution is -0.131. The summed E-state index contributed by atoms with van der Waals surface area (Å²) in [5, 5.41) is 6.03. The maximum absolute atomic E-state index is 12.5. The monoisotopic (exact) mass is 387 g/mol. The van der Waals surface area contributed by atoms with Gasteiger partial charge < -0.3 is 10.6 Å². The van der Waals surface area contributed by atoms with Crippen molar-refractivity contribution in [3.8, 4) is 0 Å². The van der Waals surface area contributed by atoms with E-state index in [0.29, 0.717) is 34.9 Å². The summed E-state index contributed by atoms with van der Waals surface area (Å²) in [6.07, 6.45) is 6.78. The van der Waals surface area contributed by atoms with Crippen LogP contribution < -0.4 is 10.6 Å². The van der Waals surface area contributed by atoms with Gasteiger partial charge in [-0.05, 0) is 42.2 Å². The zero-order valence-electron chi connectivity index (χ0n) is 14.9. The Labute approximate surface area is 162 Å². The molecule has 4 rings (SSSR count). The molecular weight excluding hydrogens is 366 g/mol. The SMILES string of the molecule is O=C(C[C@@H]1NC(=O)N(Cc2ccccc2Cl)C1=O)NC[C@H]1C[C@H]2C=C[C@H]1C2. The topological polar surface area (TPSA) is 78.5 Å². The highest BCUT2D eigenvalue weighted by atomic mass is 35.5. The molecule has 0 spiro atoms. The van der Waals surface area contributed by atoms with Gasteiger partial charge in [0.1, 0.15) is 6.04 Å². The van der Waals surface area contributed by atoms with Crippen molar-refractivity contribution >= 4 is 29.4 Å². The second-order valence-electron chi connectivity index (χ2n) is 7.57. The van der Waals surface area contributed by atoms with Crippen molar-refractivity contribution < 1.29 is 14.4 Å². The first kappa shape index (κ1) is 18.0. The van der Waals surface area contributed by atoms with Crippen LogP contribution in [0.15, 0.2) is 36.4 Å². The van der Waals surface area contributed by atoms with Gasteiger partial charge in [-0.3, -0.25) is 14.5 Å². The molecule has 1 heterocycles. The van der Waals surface area contributed by atoms with E-state index in [4.69, 9.17) is 11.6 Å². The van der Waals surface area contributed by atoms with Crippen LogP contribution in [-0.2, 0) is 16.1 Å². The molecule has 0 aromatic heterocycles. The third-order valence-electron chi connectivity index (χ3n) is 5.76. The number of allylic oxidation sites excluding steroid dienone is 2. The van der Waals surface area contributed by atoms with E-state index in [0.717, 1.165) is 11.3 Å². The number of fused-ring (bicyclic) bond motifs is 2. The van der Waals surface area contributed by atoms with Gasteiger partial charge in [-0.15, -0.1) is 0 Å². The Morgan fingerprint density at radius 3 is 2.74 bits per heavy atom. The summed E-state index contributed by atoms with van der Waals surface area (Å²) in [6.45, 7) is 0.725. The first-order chi connectivity index (χ1) is 13.0. The smallest absolute Gasteiger partial charge is 0.325 e. The molecule has 1 aromatic rings. The van der Waals surface area contributed by atoms with E-state index in [9.17, 15) is 14.4 Å². The standard InChI is InChI=1S/C20H22ClN3O3/c21-16-4-2-1-3-14(16)11-24-19(26)17(23-20(24)27)9-18(25)22-10-15-8-12-5-6-13(15)7-12/h1-6,12-13,15,17H,7-11H2,(H,22,25)(H,23,27)/t12-,13-,15+,17-/m0/s1. The molecule has 2 bridgehead atoms. The molecule has 2 N–H and O–H groups in total. The van der Waals surface area contributed by atoms with Crippen molar-refractivity contribution in [2.75, 3.05) is 6.54 Å². The van der Waals surface area contributed by atoms with Crippen LogP contribution in [0.3, 0.4) is 0 Å². The van der Waals surface area contributed by atoms with E-state index in [1.165, 1.54) is 6.42 Å². The van der Waals surface area contributed by atoms with Crippen molar-refractivity contribution in [3.05, 3.63) is 47.0 Å². The van der Waals surface area contributed by atoms with E-state index in [2.05, 4.69) is 22.8 Å². The minimum absolute atomic E-state index is 0.0414. The number of benzene rings is 1. The molecule has 142 valence electrons. The zero-order chi connectivity index (χ0) is 19.0. The van der Waals surface area contributed by atoms with Gasteiger partial charge in [-0.25, -0.2) is 4.79 Å². The van der Waals surface area contributed by atoms with E-state index in [1.807, 2.05) is 0 Å². The van der Waals surface area contributed by atoms with Crippen LogP contribution in [0.2, 0.25) is 5.02 Å². The van der Waals surface area contributed by atoms with E-state index in [1.54, 1.807) is 24.3 Å². The molecular formula is C20H22ClN3O3. The Morgan fingerprint density at radius 2 is 2.04 bits per heavy atom. The second kappa shape index (κ2) is 7.35. The number of hydrogen-bond donors (Lipinski definition) is 2. The van der Waals surface area contributed by atoms with Crippen LogP contribution >= 0.6 is 11.6 Å². The van der Waals surface area contributed by atoms with Gasteiger partial charge in [-0.2, -0.15) is 0 Å². The number of amides is 4. The molecule has 2 fully saturated rings. The van der Waals surface area contributed by atoms with Crippen LogP contribution in [0, 0.1) is 17.8 Å². The summed E-state index contributed by atoms with van der Waals surface area (Å²) in [4.78, 5) is 38.1. The molecule has 0 radical (unpaired) electrons. The average molecular weight is 388 g/mol. The molecule has 0 unspecified atom stereocenters. The average Bonchev–Trinajstić information content (AvgIpc) is 3.33. The summed E-state index contributed by atoms with van der Waals surface area (Å²) >= 11 is 6.11. The van der Waals surface area contributed by atoms with Crippen molar-refractivity contribution in [2.45, 2.75) is 31.8 Å². The Bertz CT molecular complexity index is 809. The Hall–Kier alpha value is -2.34. The minimum Gasteiger partial charge on any atom is -0.356 e. The number of imide groups is 1. The lowest BCUT2D eigenvalue weighted by atomic mass is 9.93. The van der Waals surface area contributed by atoms with Gasteiger partial charge >= 0.3 is 6.03 Å². The molecule has 1 aromatic carbocycles. The number of carbonyl (C=O) groups is 3. The van der Waals surface area contributed by atoms with Gasteiger partial charge in [0.25, 0.3) is 5.91 Å². The van der Waals surface area contributed by atoms with Gasteiger partial charge in [0.15, 0.2) is 0 Å². The summed E-state index contributed by atoms with van der Waals surface area (Å²) < 4.78 is 0. The summed E-state index contributed by atoms with van der Waals surface area (Å²) in [5.74, 6) is 1.10.